The zero-order valence-corrected chi connectivity index (χ0v) is 11.4. The van der Waals surface area contributed by atoms with Gasteiger partial charge in [-0.15, -0.1) is 0 Å². The molecule has 21 heavy (non-hydrogen) atoms. The van der Waals surface area contributed by atoms with Crippen LogP contribution in [0.2, 0.25) is 0 Å². The van der Waals surface area contributed by atoms with Crippen molar-refractivity contribution in [2.75, 3.05) is 6.79 Å². The monoisotopic (exact) mass is 280 g/mol. The van der Waals surface area contributed by atoms with Gasteiger partial charge in [-0.3, -0.25) is 4.79 Å². The largest absolute Gasteiger partial charge is 0.454 e. The van der Waals surface area contributed by atoms with Crippen LogP contribution >= 0.6 is 0 Å². The number of benzene rings is 1. The molecule has 5 nitrogen and oxygen atoms in total. The fourth-order valence-electron chi connectivity index (χ4n) is 2.56. The minimum absolute atomic E-state index is 0.256. The van der Waals surface area contributed by atoms with E-state index in [4.69, 9.17) is 9.47 Å². The Balaban J connectivity index is 1.87. The number of aryl methyl sites for hydroxylation is 1. The van der Waals surface area contributed by atoms with Gasteiger partial charge < -0.3 is 13.9 Å². The highest BCUT2D eigenvalue weighted by Gasteiger charge is 2.15. The van der Waals surface area contributed by atoms with E-state index in [0.717, 1.165) is 40.3 Å². The lowest BCUT2D eigenvalue weighted by Crippen LogP contribution is -1.92. The number of carbonyl (C=O) groups excluding carboxylic acids is 1. The third-order valence-corrected chi connectivity index (χ3v) is 3.56. The molecule has 0 spiro atoms. The van der Waals surface area contributed by atoms with Crippen LogP contribution in [-0.4, -0.2) is 22.5 Å². The van der Waals surface area contributed by atoms with Crippen molar-refractivity contribution in [3.63, 3.8) is 0 Å². The van der Waals surface area contributed by atoms with Crippen LogP contribution in [0.5, 0.6) is 11.5 Å². The molecule has 5 heteroatoms. The Labute approximate surface area is 120 Å². The van der Waals surface area contributed by atoms with Gasteiger partial charge >= 0.3 is 0 Å². The lowest BCUT2D eigenvalue weighted by Gasteiger charge is -1.98. The second-order valence-corrected chi connectivity index (χ2v) is 5.00. The number of nitrogens with zero attached hydrogens (tertiary/aromatic N) is 2. The van der Waals surface area contributed by atoms with E-state index in [2.05, 4.69) is 4.98 Å². The third kappa shape index (κ3) is 1.86. The molecule has 0 saturated carbocycles. The van der Waals surface area contributed by atoms with Gasteiger partial charge in [0, 0.05) is 23.5 Å². The number of imidazole rings is 1. The van der Waals surface area contributed by atoms with E-state index in [1.165, 1.54) is 0 Å². The summed E-state index contributed by atoms with van der Waals surface area (Å²) in [6, 6.07) is 7.58. The number of hydrogen-bond donors (Lipinski definition) is 0. The third-order valence-electron chi connectivity index (χ3n) is 3.56. The smallest absolute Gasteiger partial charge is 0.231 e. The van der Waals surface area contributed by atoms with Crippen LogP contribution < -0.4 is 9.47 Å². The zero-order valence-electron chi connectivity index (χ0n) is 11.4. The Morgan fingerprint density at radius 2 is 2.05 bits per heavy atom. The van der Waals surface area contributed by atoms with Gasteiger partial charge in [-0.2, -0.15) is 0 Å². The SMILES string of the molecule is Cc1cc(C=O)cn2cc(-c3ccc4c(c3)OCO4)nc12. The van der Waals surface area contributed by atoms with Gasteiger partial charge in [0.2, 0.25) is 6.79 Å². The summed E-state index contributed by atoms with van der Waals surface area (Å²) >= 11 is 0. The molecule has 104 valence electrons. The molecule has 0 bridgehead atoms. The highest BCUT2D eigenvalue weighted by Crippen LogP contribution is 2.35. The molecule has 0 atom stereocenters. The average Bonchev–Trinajstić information content (AvgIpc) is 3.12. The van der Waals surface area contributed by atoms with Gasteiger partial charge in [0.15, 0.2) is 17.8 Å². The first kappa shape index (κ1) is 12.0. The van der Waals surface area contributed by atoms with E-state index in [9.17, 15) is 4.79 Å². The van der Waals surface area contributed by atoms with Gasteiger partial charge in [-0.25, -0.2) is 4.98 Å². The van der Waals surface area contributed by atoms with Crippen molar-refractivity contribution in [2.45, 2.75) is 6.92 Å². The fourth-order valence-corrected chi connectivity index (χ4v) is 2.56. The Hall–Kier alpha value is -2.82. The van der Waals surface area contributed by atoms with Crippen molar-refractivity contribution in [3.8, 4) is 22.8 Å². The lowest BCUT2D eigenvalue weighted by atomic mass is 10.1. The summed E-state index contributed by atoms with van der Waals surface area (Å²) in [6.45, 7) is 2.20. The number of pyridine rings is 1. The summed E-state index contributed by atoms with van der Waals surface area (Å²) in [5.74, 6) is 1.48. The number of aromatic nitrogens is 2. The maximum atomic E-state index is 10.9. The van der Waals surface area contributed by atoms with Gasteiger partial charge in [0.1, 0.15) is 5.65 Å². The second-order valence-electron chi connectivity index (χ2n) is 5.00. The molecule has 0 N–H and O–H groups in total. The quantitative estimate of drug-likeness (QED) is 0.677. The van der Waals surface area contributed by atoms with Crippen LogP contribution in [-0.2, 0) is 0 Å². The standard InChI is InChI=1S/C16H12N2O3/c1-10-4-11(8-19)6-18-7-13(17-16(10)18)12-2-3-14-15(5-12)21-9-20-14/h2-8H,9H2,1H3. The molecule has 1 aliphatic heterocycles. The molecule has 0 saturated heterocycles. The minimum atomic E-state index is 0.256. The van der Waals surface area contributed by atoms with E-state index >= 15 is 0 Å². The molecule has 0 unspecified atom stereocenters. The highest BCUT2D eigenvalue weighted by atomic mass is 16.7. The number of hydrogen-bond acceptors (Lipinski definition) is 4. The van der Waals surface area contributed by atoms with Crippen molar-refractivity contribution in [1.29, 1.82) is 0 Å². The molecule has 4 rings (SSSR count). The molecule has 1 aliphatic rings. The summed E-state index contributed by atoms with van der Waals surface area (Å²) in [5.41, 5.74) is 4.23. The van der Waals surface area contributed by atoms with Crippen LogP contribution in [0.1, 0.15) is 15.9 Å². The Morgan fingerprint density at radius 3 is 2.90 bits per heavy atom. The van der Waals surface area contributed by atoms with Crippen LogP contribution in [0, 0.1) is 6.92 Å². The van der Waals surface area contributed by atoms with Gasteiger partial charge in [-0.1, -0.05) is 0 Å². The van der Waals surface area contributed by atoms with Crippen LogP contribution in [0.25, 0.3) is 16.9 Å². The van der Waals surface area contributed by atoms with E-state index in [-0.39, 0.29) is 6.79 Å². The maximum absolute atomic E-state index is 10.9. The molecule has 0 fully saturated rings. The molecule has 2 aromatic heterocycles. The van der Waals surface area contributed by atoms with Crippen molar-refractivity contribution in [3.05, 3.63) is 47.8 Å². The normalized spacial score (nSPS) is 12.8. The van der Waals surface area contributed by atoms with Crippen molar-refractivity contribution in [2.24, 2.45) is 0 Å². The molecule has 0 amide bonds. The lowest BCUT2D eigenvalue weighted by molar-refractivity contribution is 0.112. The Morgan fingerprint density at radius 1 is 1.19 bits per heavy atom. The minimum Gasteiger partial charge on any atom is -0.454 e. The first-order chi connectivity index (χ1) is 10.2. The zero-order chi connectivity index (χ0) is 14.4. The molecular weight excluding hydrogens is 268 g/mol. The molecular formula is C16H12N2O3. The summed E-state index contributed by atoms with van der Waals surface area (Å²) in [7, 11) is 0. The van der Waals surface area contributed by atoms with Gasteiger partial charge in [0.25, 0.3) is 0 Å². The van der Waals surface area contributed by atoms with E-state index < -0.39 is 0 Å². The first-order valence-electron chi connectivity index (χ1n) is 6.59. The maximum Gasteiger partial charge on any atom is 0.231 e. The van der Waals surface area contributed by atoms with Crippen LogP contribution in [0.3, 0.4) is 0 Å². The summed E-state index contributed by atoms with van der Waals surface area (Å²) in [6.07, 6.45) is 4.53. The molecule has 1 aromatic carbocycles. The number of aldehydes is 1. The van der Waals surface area contributed by atoms with Crippen molar-refractivity contribution in [1.82, 2.24) is 9.38 Å². The second kappa shape index (κ2) is 4.34. The van der Waals surface area contributed by atoms with Crippen molar-refractivity contribution < 1.29 is 14.3 Å². The van der Waals surface area contributed by atoms with Crippen LogP contribution in [0.4, 0.5) is 0 Å². The Bertz CT molecular complexity index is 867. The summed E-state index contributed by atoms with van der Waals surface area (Å²) in [4.78, 5) is 15.6. The van der Waals surface area contributed by atoms with E-state index in [1.54, 1.807) is 6.20 Å². The average molecular weight is 280 g/mol. The van der Waals surface area contributed by atoms with Gasteiger partial charge in [-0.05, 0) is 36.8 Å². The summed E-state index contributed by atoms with van der Waals surface area (Å²) < 4.78 is 12.6. The van der Waals surface area contributed by atoms with E-state index in [1.807, 2.05) is 41.8 Å². The first-order valence-corrected chi connectivity index (χ1v) is 6.59. The predicted octanol–water partition coefficient (Wildman–Crippen LogP) is 2.85. The molecule has 0 radical (unpaired) electrons. The molecule has 0 aliphatic carbocycles. The van der Waals surface area contributed by atoms with Crippen molar-refractivity contribution >= 4 is 11.9 Å². The fraction of sp³-hybridized carbons (Fsp3) is 0.125. The number of rotatable bonds is 2. The number of fused-ring (bicyclic) bond motifs is 2. The topological polar surface area (TPSA) is 52.8 Å². The Kier molecular flexibility index (Phi) is 2.47. The van der Waals surface area contributed by atoms with Crippen LogP contribution in [0.15, 0.2) is 36.7 Å². The van der Waals surface area contributed by atoms with E-state index in [0.29, 0.717) is 5.56 Å². The van der Waals surface area contributed by atoms with Gasteiger partial charge in [0.05, 0.1) is 5.69 Å². The highest BCUT2D eigenvalue weighted by molar-refractivity contribution is 5.77. The predicted molar refractivity (Wildman–Crippen MR) is 76.9 cm³/mol. The molecule has 3 aromatic rings. The summed E-state index contributed by atoms with van der Waals surface area (Å²) in [5, 5.41) is 0. The number of ether oxygens (including phenoxy) is 2. The molecule has 3 heterocycles. The number of carbonyl (C=O) groups is 1.